The number of hydrogen-bond acceptors (Lipinski definition) is 3. The van der Waals surface area contributed by atoms with Crippen molar-refractivity contribution in [1.82, 2.24) is 16.0 Å². The normalized spacial score (nSPS) is 19.2. The van der Waals surface area contributed by atoms with Gasteiger partial charge in [0.05, 0.1) is 0 Å². The Kier molecular flexibility index (Phi) is 10.7. The Balaban J connectivity index is 1.80. The first-order valence-corrected chi connectivity index (χ1v) is 14.1. The second-order valence-electron chi connectivity index (χ2n) is 10.5. The van der Waals surface area contributed by atoms with Crippen LogP contribution in [0.4, 0.5) is 0 Å². The quantitative estimate of drug-likeness (QED) is 0.343. The van der Waals surface area contributed by atoms with Crippen LogP contribution in [0.1, 0.15) is 108 Å². The number of piperidine rings is 1. The van der Waals surface area contributed by atoms with Gasteiger partial charge >= 0.3 is 0 Å². The van der Waals surface area contributed by atoms with Crippen LogP contribution < -0.4 is 16.0 Å². The molecule has 3 rings (SSSR count). The minimum atomic E-state index is 0.0867. The second-order valence-corrected chi connectivity index (χ2v) is 10.5. The standard InChI is InChI=1S/C30H49N3O/c1-5-24-22-26(25-14-18-32-19-15-25)12-13-28(24)30(6-2,16-20-31-7-3)17-21-33-29(34)27-11-9-8-10-23(27)4/h12-13,22,25,31-32H,5-11,14-21H2,1-4H3,(H,33,34). The van der Waals surface area contributed by atoms with E-state index in [4.69, 9.17) is 0 Å². The van der Waals surface area contributed by atoms with Crippen molar-refractivity contribution in [2.45, 2.75) is 103 Å². The van der Waals surface area contributed by atoms with Crippen molar-refractivity contribution in [2.24, 2.45) is 0 Å². The number of carbonyl (C=O) groups is 1. The van der Waals surface area contributed by atoms with Crippen LogP contribution in [-0.4, -0.2) is 38.6 Å². The summed E-state index contributed by atoms with van der Waals surface area (Å²) in [5.74, 6) is 0.857. The highest BCUT2D eigenvalue weighted by Gasteiger charge is 2.32. The van der Waals surface area contributed by atoms with E-state index < -0.39 is 0 Å². The molecule has 1 atom stereocenters. The summed E-state index contributed by atoms with van der Waals surface area (Å²) in [5.41, 5.74) is 6.96. The third-order valence-electron chi connectivity index (χ3n) is 8.51. The molecular formula is C30H49N3O. The lowest BCUT2D eigenvalue weighted by Crippen LogP contribution is -2.37. The van der Waals surface area contributed by atoms with Gasteiger partial charge in [-0.15, -0.1) is 0 Å². The number of allylic oxidation sites excluding steroid dienone is 1. The fourth-order valence-electron chi connectivity index (χ4n) is 6.16. The maximum absolute atomic E-state index is 12.9. The predicted octanol–water partition coefficient (Wildman–Crippen LogP) is 5.76. The maximum Gasteiger partial charge on any atom is 0.247 e. The number of hydrogen-bond donors (Lipinski definition) is 3. The average molecular weight is 468 g/mol. The van der Waals surface area contributed by atoms with Gasteiger partial charge in [-0.3, -0.25) is 4.79 Å². The Bertz CT molecular complexity index is 824. The molecule has 1 saturated heterocycles. The molecule has 0 bridgehead atoms. The number of aryl methyl sites for hydroxylation is 1. The molecule has 4 heteroatoms. The lowest BCUT2D eigenvalue weighted by Gasteiger charge is -2.36. The third-order valence-corrected chi connectivity index (χ3v) is 8.51. The average Bonchev–Trinajstić information content (AvgIpc) is 2.88. The zero-order chi connectivity index (χ0) is 24.4. The number of nitrogens with one attached hydrogen (secondary N) is 3. The van der Waals surface area contributed by atoms with Crippen LogP contribution in [0, 0.1) is 0 Å². The molecule has 3 N–H and O–H groups in total. The van der Waals surface area contributed by atoms with Crippen molar-refractivity contribution >= 4 is 5.91 Å². The van der Waals surface area contributed by atoms with E-state index in [0.717, 1.165) is 83.2 Å². The molecule has 1 fully saturated rings. The van der Waals surface area contributed by atoms with Crippen molar-refractivity contribution in [3.63, 3.8) is 0 Å². The molecule has 190 valence electrons. The van der Waals surface area contributed by atoms with Gasteiger partial charge in [0.1, 0.15) is 0 Å². The Morgan fingerprint density at radius 1 is 1.06 bits per heavy atom. The molecule has 4 nitrogen and oxygen atoms in total. The summed E-state index contributed by atoms with van der Waals surface area (Å²) in [6.45, 7) is 14.0. The van der Waals surface area contributed by atoms with Crippen LogP contribution >= 0.6 is 0 Å². The predicted molar refractivity (Wildman–Crippen MR) is 145 cm³/mol. The smallest absolute Gasteiger partial charge is 0.247 e. The summed E-state index contributed by atoms with van der Waals surface area (Å²) < 4.78 is 0. The van der Waals surface area contributed by atoms with Crippen LogP contribution in [0.15, 0.2) is 29.3 Å². The van der Waals surface area contributed by atoms with Gasteiger partial charge in [0.2, 0.25) is 5.91 Å². The van der Waals surface area contributed by atoms with Gasteiger partial charge in [-0.1, -0.05) is 44.5 Å². The molecule has 1 aliphatic carbocycles. The molecule has 0 aromatic heterocycles. The minimum absolute atomic E-state index is 0.0867. The molecule has 1 amide bonds. The van der Waals surface area contributed by atoms with Crippen LogP contribution in [0.5, 0.6) is 0 Å². The highest BCUT2D eigenvalue weighted by Crippen LogP contribution is 2.39. The van der Waals surface area contributed by atoms with Gasteiger partial charge in [0, 0.05) is 12.1 Å². The molecule has 1 aromatic rings. The van der Waals surface area contributed by atoms with Gasteiger partial charge in [-0.05, 0) is 125 Å². The number of benzene rings is 1. The number of carbonyl (C=O) groups excluding carboxylic acids is 1. The lowest BCUT2D eigenvalue weighted by molar-refractivity contribution is -0.117. The minimum Gasteiger partial charge on any atom is -0.352 e. The van der Waals surface area contributed by atoms with E-state index in [1.165, 1.54) is 41.5 Å². The lowest BCUT2D eigenvalue weighted by atomic mass is 9.70. The van der Waals surface area contributed by atoms with Crippen molar-refractivity contribution < 1.29 is 4.79 Å². The van der Waals surface area contributed by atoms with Crippen LogP contribution in [-0.2, 0) is 16.6 Å². The first-order valence-electron chi connectivity index (χ1n) is 14.1. The largest absolute Gasteiger partial charge is 0.352 e. The summed E-state index contributed by atoms with van der Waals surface area (Å²) in [4.78, 5) is 12.9. The van der Waals surface area contributed by atoms with E-state index in [-0.39, 0.29) is 11.3 Å². The fraction of sp³-hybridized carbons (Fsp3) is 0.700. The molecule has 0 radical (unpaired) electrons. The molecule has 1 unspecified atom stereocenters. The van der Waals surface area contributed by atoms with Crippen LogP contribution in [0.3, 0.4) is 0 Å². The topological polar surface area (TPSA) is 53.2 Å². The summed E-state index contributed by atoms with van der Waals surface area (Å²) in [6.07, 6.45) is 11.1. The van der Waals surface area contributed by atoms with Gasteiger partial charge in [-0.25, -0.2) is 0 Å². The van der Waals surface area contributed by atoms with E-state index in [2.05, 4.69) is 61.8 Å². The Hall–Kier alpha value is -1.65. The highest BCUT2D eigenvalue weighted by molar-refractivity contribution is 5.94. The molecule has 1 aromatic carbocycles. The molecule has 2 aliphatic rings. The molecule has 0 saturated carbocycles. The molecular weight excluding hydrogens is 418 g/mol. The van der Waals surface area contributed by atoms with Gasteiger partial charge in [-0.2, -0.15) is 0 Å². The van der Waals surface area contributed by atoms with Gasteiger partial charge in [0.25, 0.3) is 0 Å². The van der Waals surface area contributed by atoms with E-state index in [9.17, 15) is 4.79 Å². The SMILES string of the molecule is CCNCCC(CC)(CCNC(=O)C1=C(C)CCCC1)c1ccc(C2CCNCC2)cc1CC. The van der Waals surface area contributed by atoms with E-state index >= 15 is 0 Å². The molecule has 34 heavy (non-hydrogen) atoms. The van der Waals surface area contributed by atoms with Crippen molar-refractivity contribution in [1.29, 1.82) is 0 Å². The summed E-state index contributed by atoms with van der Waals surface area (Å²) in [6, 6.07) is 7.37. The van der Waals surface area contributed by atoms with Crippen molar-refractivity contribution in [2.75, 3.05) is 32.7 Å². The van der Waals surface area contributed by atoms with Crippen molar-refractivity contribution in [3.05, 3.63) is 46.0 Å². The highest BCUT2D eigenvalue weighted by atomic mass is 16.1. The van der Waals surface area contributed by atoms with Crippen molar-refractivity contribution in [3.8, 4) is 0 Å². The van der Waals surface area contributed by atoms with E-state index in [1.807, 2.05) is 0 Å². The fourth-order valence-corrected chi connectivity index (χ4v) is 6.16. The Labute approximate surface area is 208 Å². The van der Waals surface area contributed by atoms with Gasteiger partial charge in [0.15, 0.2) is 0 Å². The maximum atomic E-state index is 12.9. The molecule has 1 aliphatic heterocycles. The number of rotatable bonds is 12. The Morgan fingerprint density at radius 2 is 1.79 bits per heavy atom. The second kappa shape index (κ2) is 13.4. The molecule has 1 heterocycles. The first kappa shape index (κ1) is 26.9. The first-order chi connectivity index (χ1) is 16.5. The van der Waals surface area contributed by atoms with E-state index in [1.54, 1.807) is 0 Å². The Morgan fingerprint density at radius 3 is 2.47 bits per heavy atom. The summed E-state index contributed by atoms with van der Waals surface area (Å²) in [5, 5.41) is 10.4. The third kappa shape index (κ3) is 6.73. The summed E-state index contributed by atoms with van der Waals surface area (Å²) in [7, 11) is 0. The van der Waals surface area contributed by atoms with Crippen LogP contribution in [0.25, 0.3) is 0 Å². The number of amides is 1. The zero-order valence-electron chi connectivity index (χ0n) is 22.3. The van der Waals surface area contributed by atoms with Crippen LogP contribution in [0.2, 0.25) is 0 Å². The van der Waals surface area contributed by atoms with Gasteiger partial charge < -0.3 is 16.0 Å². The monoisotopic (exact) mass is 467 g/mol. The molecule has 0 spiro atoms. The summed E-state index contributed by atoms with van der Waals surface area (Å²) >= 11 is 0. The zero-order valence-corrected chi connectivity index (χ0v) is 22.3. The van der Waals surface area contributed by atoms with E-state index in [0.29, 0.717) is 5.92 Å².